The summed E-state index contributed by atoms with van der Waals surface area (Å²) in [5, 5.41) is 4.91. The van der Waals surface area contributed by atoms with Crippen LogP contribution >= 0.6 is 35.8 Å². The van der Waals surface area contributed by atoms with Gasteiger partial charge in [0.25, 0.3) is 0 Å². The van der Waals surface area contributed by atoms with Crippen LogP contribution in [0, 0.1) is 5.92 Å². The summed E-state index contributed by atoms with van der Waals surface area (Å²) in [5.74, 6) is 0.907. The molecule has 0 amide bonds. The molecule has 1 heterocycles. The second-order valence-corrected chi connectivity index (χ2v) is 5.91. The summed E-state index contributed by atoms with van der Waals surface area (Å²) in [6, 6.07) is 5.06. The van der Waals surface area contributed by atoms with Gasteiger partial charge in [0.1, 0.15) is 5.69 Å². The number of carbonyl (C=O) groups is 1. The Labute approximate surface area is 131 Å². The topological polar surface area (TPSA) is 43.1 Å². The standard InChI is InChI=1S/C14H11Cl2NO2S/c15-8-3-4-9(10(16)5-8)14-12(11(6-20)17-19-14)13(18)7-1-2-7/h3-5,7,20H,1-2,6H2. The fourth-order valence-electron chi connectivity index (χ4n) is 2.09. The maximum Gasteiger partial charge on any atom is 0.179 e. The third-order valence-corrected chi connectivity index (χ3v) is 4.13. The van der Waals surface area contributed by atoms with Gasteiger partial charge in [-0.05, 0) is 31.0 Å². The maximum absolute atomic E-state index is 12.4. The molecule has 2 aromatic rings. The number of nitrogens with zero attached hydrogens (tertiary/aromatic N) is 1. The van der Waals surface area contributed by atoms with Crippen LogP contribution in [0.2, 0.25) is 10.0 Å². The van der Waals surface area contributed by atoms with Crippen LogP contribution in [-0.4, -0.2) is 10.9 Å². The van der Waals surface area contributed by atoms with Gasteiger partial charge in [0.05, 0.1) is 10.6 Å². The first-order valence-corrected chi connectivity index (χ1v) is 7.59. The summed E-state index contributed by atoms with van der Waals surface area (Å²) in [5.41, 5.74) is 1.69. The number of thiol groups is 1. The van der Waals surface area contributed by atoms with E-state index in [1.165, 1.54) is 0 Å². The van der Waals surface area contributed by atoms with Crippen molar-refractivity contribution >= 4 is 41.6 Å². The van der Waals surface area contributed by atoms with Gasteiger partial charge in [0.15, 0.2) is 11.5 Å². The molecular weight excluding hydrogens is 317 g/mol. The Morgan fingerprint density at radius 1 is 1.40 bits per heavy atom. The molecule has 1 saturated carbocycles. The zero-order valence-corrected chi connectivity index (χ0v) is 12.8. The van der Waals surface area contributed by atoms with Gasteiger partial charge in [-0.3, -0.25) is 4.79 Å². The fraction of sp³-hybridized carbons (Fsp3) is 0.286. The molecule has 6 heteroatoms. The Bertz CT molecular complexity index is 680. The maximum atomic E-state index is 12.4. The lowest BCUT2D eigenvalue weighted by Crippen LogP contribution is -2.05. The largest absolute Gasteiger partial charge is 0.355 e. The van der Waals surface area contributed by atoms with Crippen molar-refractivity contribution in [3.63, 3.8) is 0 Å². The van der Waals surface area contributed by atoms with Gasteiger partial charge in [-0.15, -0.1) is 0 Å². The first-order valence-electron chi connectivity index (χ1n) is 6.21. The van der Waals surface area contributed by atoms with Crippen molar-refractivity contribution in [3.8, 4) is 11.3 Å². The predicted octanol–water partition coefficient (Wildman–Crippen LogP) is 4.67. The predicted molar refractivity (Wildman–Crippen MR) is 81.7 cm³/mol. The van der Waals surface area contributed by atoms with E-state index in [1.54, 1.807) is 18.2 Å². The molecular formula is C14H11Cl2NO2S. The highest BCUT2D eigenvalue weighted by atomic mass is 35.5. The van der Waals surface area contributed by atoms with Crippen molar-refractivity contribution in [3.05, 3.63) is 39.5 Å². The minimum atomic E-state index is 0.0660. The van der Waals surface area contributed by atoms with Crippen LogP contribution in [0.25, 0.3) is 11.3 Å². The summed E-state index contributed by atoms with van der Waals surface area (Å²) < 4.78 is 5.35. The number of carbonyl (C=O) groups excluding carboxylic acids is 1. The molecule has 3 rings (SSSR count). The molecule has 1 aromatic carbocycles. The average Bonchev–Trinajstić information content (AvgIpc) is 3.18. The van der Waals surface area contributed by atoms with E-state index >= 15 is 0 Å². The molecule has 1 fully saturated rings. The Kier molecular flexibility index (Phi) is 3.80. The average molecular weight is 328 g/mol. The molecule has 1 aromatic heterocycles. The van der Waals surface area contributed by atoms with E-state index in [-0.39, 0.29) is 11.7 Å². The van der Waals surface area contributed by atoms with E-state index in [0.29, 0.717) is 38.4 Å². The zero-order valence-electron chi connectivity index (χ0n) is 10.4. The number of ketones is 1. The molecule has 1 aliphatic rings. The zero-order chi connectivity index (χ0) is 14.3. The Hall–Kier alpha value is -0.970. The van der Waals surface area contributed by atoms with Crippen LogP contribution in [0.3, 0.4) is 0 Å². The summed E-state index contributed by atoms with van der Waals surface area (Å²) in [6.07, 6.45) is 1.84. The Morgan fingerprint density at radius 2 is 2.15 bits per heavy atom. The number of benzene rings is 1. The molecule has 3 nitrogen and oxygen atoms in total. The van der Waals surface area contributed by atoms with Crippen LogP contribution in [0.4, 0.5) is 0 Å². The van der Waals surface area contributed by atoms with Gasteiger partial charge in [-0.1, -0.05) is 28.4 Å². The van der Waals surface area contributed by atoms with Gasteiger partial charge in [0, 0.05) is 22.3 Å². The van der Waals surface area contributed by atoms with Crippen molar-refractivity contribution in [2.45, 2.75) is 18.6 Å². The second kappa shape index (κ2) is 5.43. The molecule has 0 spiro atoms. The first-order chi connectivity index (χ1) is 9.61. The lowest BCUT2D eigenvalue weighted by atomic mass is 10.0. The number of Topliss-reactive ketones (excluding diaryl/α,β-unsaturated/α-hetero) is 1. The van der Waals surface area contributed by atoms with Gasteiger partial charge < -0.3 is 4.52 Å². The lowest BCUT2D eigenvalue weighted by molar-refractivity contribution is 0.0967. The first kappa shape index (κ1) is 14.0. The molecule has 1 aliphatic carbocycles. The SMILES string of the molecule is O=C(c1c(CS)noc1-c1ccc(Cl)cc1Cl)C1CC1. The van der Waals surface area contributed by atoms with Crippen LogP contribution in [0.5, 0.6) is 0 Å². The van der Waals surface area contributed by atoms with Crippen LogP contribution in [0.15, 0.2) is 22.7 Å². The number of aromatic nitrogens is 1. The van der Waals surface area contributed by atoms with Crippen molar-refractivity contribution < 1.29 is 9.32 Å². The van der Waals surface area contributed by atoms with E-state index < -0.39 is 0 Å². The van der Waals surface area contributed by atoms with Gasteiger partial charge in [-0.2, -0.15) is 12.6 Å². The molecule has 0 atom stereocenters. The molecule has 20 heavy (non-hydrogen) atoms. The van der Waals surface area contributed by atoms with Gasteiger partial charge in [-0.25, -0.2) is 0 Å². The summed E-state index contributed by atoms with van der Waals surface area (Å²) >= 11 is 16.3. The number of hydrogen-bond donors (Lipinski definition) is 1. The number of hydrogen-bond acceptors (Lipinski definition) is 4. The third kappa shape index (κ3) is 2.48. The van der Waals surface area contributed by atoms with Crippen molar-refractivity contribution in [2.75, 3.05) is 0 Å². The summed E-state index contributed by atoms with van der Waals surface area (Å²) in [6.45, 7) is 0. The lowest BCUT2D eigenvalue weighted by Gasteiger charge is -2.04. The number of halogens is 2. The van der Waals surface area contributed by atoms with Crippen LogP contribution in [-0.2, 0) is 5.75 Å². The van der Waals surface area contributed by atoms with Crippen molar-refractivity contribution in [1.82, 2.24) is 5.16 Å². The fourth-order valence-corrected chi connectivity index (χ4v) is 2.80. The smallest absolute Gasteiger partial charge is 0.179 e. The highest BCUT2D eigenvalue weighted by Crippen LogP contribution is 2.39. The van der Waals surface area contributed by atoms with E-state index in [1.807, 2.05) is 0 Å². The van der Waals surface area contributed by atoms with Crippen LogP contribution in [0.1, 0.15) is 28.9 Å². The normalized spacial score (nSPS) is 14.6. The molecule has 104 valence electrons. The number of rotatable bonds is 4. The summed E-state index contributed by atoms with van der Waals surface area (Å²) in [4.78, 5) is 12.4. The van der Waals surface area contributed by atoms with Crippen LogP contribution < -0.4 is 0 Å². The second-order valence-electron chi connectivity index (χ2n) is 4.75. The minimum absolute atomic E-state index is 0.0660. The Morgan fingerprint density at radius 3 is 2.75 bits per heavy atom. The molecule has 0 aliphatic heterocycles. The third-order valence-electron chi connectivity index (χ3n) is 3.28. The molecule has 0 saturated heterocycles. The van der Waals surface area contributed by atoms with Crippen molar-refractivity contribution in [2.24, 2.45) is 5.92 Å². The van der Waals surface area contributed by atoms with Gasteiger partial charge in [0.2, 0.25) is 0 Å². The van der Waals surface area contributed by atoms with E-state index in [2.05, 4.69) is 17.8 Å². The monoisotopic (exact) mass is 327 g/mol. The molecule has 0 N–H and O–H groups in total. The van der Waals surface area contributed by atoms with Crippen molar-refractivity contribution in [1.29, 1.82) is 0 Å². The highest BCUT2D eigenvalue weighted by molar-refractivity contribution is 7.79. The minimum Gasteiger partial charge on any atom is -0.355 e. The van der Waals surface area contributed by atoms with Gasteiger partial charge >= 0.3 is 0 Å². The molecule has 0 radical (unpaired) electrons. The van der Waals surface area contributed by atoms with E-state index in [9.17, 15) is 4.79 Å². The molecule has 0 unspecified atom stereocenters. The van der Waals surface area contributed by atoms with E-state index in [0.717, 1.165) is 12.8 Å². The van der Waals surface area contributed by atoms with E-state index in [4.69, 9.17) is 27.7 Å². The quantitative estimate of drug-likeness (QED) is 0.655. The highest BCUT2D eigenvalue weighted by Gasteiger charge is 2.36. The summed E-state index contributed by atoms with van der Waals surface area (Å²) in [7, 11) is 0. The molecule has 0 bridgehead atoms. The Balaban J connectivity index is 2.13.